The Morgan fingerprint density at radius 3 is 2.44 bits per heavy atom. The second-order valence-corrected chi connectivity index (χ2v) is 5.82. The van der Waals surface area contributed by atoms with Crippen LogP contribution in [0.15, 0.2) is 73.3 Å². The van der Waals surface area contributed by atoms with Gasteiger partial charge in [-0.1, -0.05) is 67.2 Å². The molecule has 0 bridgehead atoms. The van der Waals surface area contributed by atoms with Crippen LogP contribution >= 0.6 is 0 Å². The predicted molar refractivity (Wildman–Crippen MR) is 101 cm³/mol. The number of benzene rings is 3. The van der Waals surface area contributed by atoms with Crippen LogP contribution in [0.25, 0.3) is 16.5 Å². The molecule has 0 heterocycles. The molecular weight excluding hydrogens is 312 g/mol. The van der Waals surface area contributed by atoms with E-state index in [1.807, 2.05) is 60.7 Å². The lowest BCUT2D eigenvalue weighted by Crippen LogP contribution is -2.35. The topological polar surface area (TPSA) is 61.4 Å². The van der Waals surface area contributed by atoms with E-state index in [1.165, 1.54) is 0 Å². The summed E-state index contributed by atoms with van der Waals surface area (Å²) < 4.78 is 0. The molecule has 0 aliphatic carbocycles. The average Bonchev–Trinajstić information content (AvgIpc) is 2.66. The van der Waals surface area contributed by atoms with Gasteiger partial charge in [-0.3, -0.25) is 15.6 Å². The highest BCUT2D eigenvalue weighted by atomic mass is 16.3. The number of hydrogen-bond acceptors (Lipinski definition) is 3. The maximum absolute atomic E-state index is 12.0. The molecule has 126 valence electrons. The molecule has 1 amide bonds. The van der Waals surface area contributed by atoms with Crippen LogP contribution in [0.2, 0.25) is 0 Å². The highest BCUT2D eigenvalue weighted by Crippen LogP contribution is 2.31. The fourth-order valence-electron chi connectivity index (χ4n) is 2.68. The van der Waals surface area contributed by atoms with Crippen molar-refractivity contribution in [3.05, 3.63) is 84.4 Å². The number of phenolic OH excluding ortho intramolecular Hbond substituents is 1. The first kappa shape index (κ1) is 16.6. The van der Waals surface area contributed by atoms with E-state index in [0.29, 0.717) is 24.1 Å². The van der Waals surface area contributed by atoms with Gasteiger partial charge in [0.05, 0.1) is 5.70 Å². The van der Waals surface area contributed by atoms with Crippen molar-refractivity contribution >= 4 is 22.4 Å². The van der Waals surface area contributed by atoms with E-state index >= 15 is 0 Å². The molecular formula is C21H20N2O2. The van der Waals surface area contributed by atoms with Crippen LogP contribution in [-0.2, 0) is 11.2 Å². The van der Waals surface area contributed by atoms with Gasteiger partial charge in [0.15, 0.2) is 0 Å². The largest absolute Gasteiger partial charge is 0.507 e. The Labute approximate surface area is 146 Å². The number of phenols is 1. The summed E-state index contributed by atoms with van der Waals surface area (Å²) in [6.45, 7) is 3.90. The minimum atomic E-state index is -0.134. The lowest BCUT2D eigenvalue weighted by atomic mass is 10.0. The highest BCUT2D eigenvalue weighted by molar-refractivity contribution is 5.92. The highest BCUT2D eigenvalue weighted by Gasteiger charge is 2.10. The first-order valence-electron chi connectivity index (χ1n) is 8.14. The molecule has 0 aliphatic heterocycles. The molecule has 0 atom stereocenters. The van der Waals surface area contributed by atoms with Crippen molar-refractivity contribution in [2.45, 2.75) is 12.8 Å². The lowest BCUT2D eigenvalue weighted by Gasteiger charge is -2.14. The molecule has 0 fully saturated rings. The van der Waals surface area contributed by atoms with Crippen molar-refractivity contribution in [3.8, 4) is 5.75 Å². The number of hydrazine groups is 1. The van der Waals surface area contributed by atoms with Crippen LogP contribution < -0.4 is 10.9 Å². The first-order chi connectivity index (χ1) is 12.1. The van der Waals surface area contributed by atoms with Gasteiger partial charge < -0.3 is 5.11 Å². The van der Waals surface area contributed by atoms with Crippen molar-refractivity contribution in [3.63, 3.8) is 0 Å². The van der Waals surface area contributed by atoms with Crippen LogP contribution in [0, 0.1) is 0 Å². The molecule has 0 saturated heterocycles. The zero-order chi connectivity index (χ0) is 17.6. The van der Waals surface area contributed by atoms with E-state index in [9.17, 15) is 9.90 Å². The minimum absolute atomic E-state index is 0.134. The van der Waals surface area contributed by atoms with Crippen LogP contribution in [-0.4, -0.2) is 11.0 Å². The van der Waals surface area contributed by atoms with Gasteiger partial charge in [0.2, 0.25) is 5.91 Å². The summed E-state index contributed by atoms with van der Waals surface area (Å²) in [4.78, 5) is 12.0. The van der Waals surface area contributed by atoms with E-state index < -0.39 is 0 Å². The molecule has 0 unspecified atom stereocenters. The van der Waals surface area contributed by atoms with Gasteiger partial charge in [-0.2, -0.15) is 0 Å². The molecule has 0 aromatic heterocycles. The molecule has 4 nitrogen and oxygen atoms in total. The summed E-state index contributed by atoms with van der Waals surface area (Å²) in [6.07, 6.45) is 1.04. The number of carbonyl (C=O) groups is 1. The summed E-state index contributed by atoms with van der Waals surface area (Å²) in [5.74, 6) is 0.0133. The van der Waals surface area contributed by atoms with Crippen LogP contribution in [0.5, 0.6) is 5.75 Å². The molecule has 3 aromatic carbocycles. The van der Waals surface area contributed by atoms with Gasteiger partial charge in [-0.25, -0.2) is 0 Å². The van der Waals surface area contributed by atoms with Gasteiger partial charge in [0.25, 0.3) is 0 Å². The van der Waals surface area contributed by atoms with Gasteiger partial charge in [-0.05, 0) is 23.4 Å². The summed E-state index contributed by atoms with van der Waals surface area (Å²) >= 11 is 0. The number of amides is 1. The van der Waals surface area contributed by atoms with Crippen molar-refractivity contribution in [2.75, 3.05) is 0 Å². The second kappa shape index (κ2) is 7.53. The molecule has 3 N–H and O–H groups in total. The maximum atomic E-state index is 12.0. The average molecular weight is 332 g/mol. The van der Waals surface area contributed by atoms with Crippen LogP contribution in [0.3, 0.4) is 0 Å². The van der Waals surface area contributed by atoms with Crippen molar-refractivity contribution in [1.29, 1.82) is 0 Å². The zero-order valence-corrected chi connectivity index (χ0v) is 13.8. The Hall–Kier alpha value is -3.27. The molecule has 0 spiro atoms. The second-order valence-electron chi connectivity index (χ2n) is 5.82. The molecule has 3 rings (SSSR count). The Morgan fingerprint density at radius 2 is 1.64 bits per heavy atom. The maximum Gasteiger partial charge on any atom is 0.238 e. The van der Waals surface area contributed by atoms with Crippen molar-refractivity contribution in [1.82, 2.24) is 10.9 Å². The third-order valence-corrected chi connectivity index (χ3v) is 4.06. The number of rotatable bonds is 6. The van der Waals surface area contributed by atoms with Gasteiger partial charge in [-0.15, -0.1) is 0 Å². The SMILES string of the molecule is C=C(NNC(=O)CCc1ccccc1)c1ccc2ccccc2c1O. The Balaban J connectivity index is 1.59. The minimum Gasteiger partial charge on any atom is -0.507 e. The van der Waals surface area contributed by atoms with Gasteiger partial charge in [0, 0.05) is 17.4 Å². The lowest BCUT2D eigenvalue weighted by molar-refractivity contribution is -0.121. The fraction of sp³-hybridized carbons (Fsp3) is 0.0952. The van der Waals surface area contributed by atoms with E-state index in [4.69, 9.17) is 0 Å². The summed E-state index contributed by atoms with van der Waals surface area (Å²) in [7, 11) is 0. The summed E-state index contributed by atoms with van der Waals surface area (Å²) in [5, 5.41) is 12.1. The first-order valence-corrected chi connectivity index (χ1v) is 8.14. The Kier molecular flexibility index (Phi) is 5.00. The number of aryl methyl sites for hydroxylation is 1. The van der Waals surface area contributed by atoms with E-state index in [-0.39, 0.29) is 11.7 Å². The quantitative estimate of drug-likeness (QED) is 0.602. The van der Waals surface area contributed by atoms with Gasteiger partial charge in [0.1, 0.15) is 5.75 Å². The number of carbonyl (C=O) groups excluding carboxylic acids is 1. The standard InChI is InChI=1S/C21H20N2O2/c1-15(18-13-12-17-9-5-6-10-19(17)21(18)25)22-23-20(24)14-11-16-7-3-2-4-8-16/h2-10,12-13,22,25H,1,11,14H2,(H,23,24). The summed E-state index contributed by atoms with van der Waals surface area (Å²) in [6, 6.07) is 21.1. The third-order valence-electron chi connectivity index (χ3n) is 4.06. The van der Waals surface area contributed by atoms with E-state index in [2.05, 4.69) is 17.4 Å². The smallest absolute Gasteiger partial charge is 0.238 e. The number of nitrogens with one attached hydrogen (secondary N) is 2. The zero-order valence-electron chi connectivity index (χ0n) is 13.8. The third kappa shape index (κ3) is 3.98. The predicted octanol–water partition coefficient (Wildman–Crippen LogP) is 3.77. The monoisotopic (exact) mass is 332 g/mol. The van der Waals surface area contributed by atoms with Crippen molar-refractivity contribution < 1.29 is 9.90 Å². The van der Waals surface area contributed by atoms with Crippen molar-refractivity contribution in [2.24, 2.45) is 0 Å². The molecule has 25 heavy (non-hydrogen) atoms. The summed E-state index contributed by atoms with van der Waals surface area (Å²) in [5.41, 5.74) is 7.53. The molecule has 0 saturated carbocycles. The van der Waals surface area contributed by atoms with Crippen LogP contribution in [0.1, 0.15) is 17.5 Å². The van der Waals surface area contributed by atoms with Gasteiger partial charge >= 0.3 is 0 Å². The van der Waals surface area contributed by atoms with E-state index in [0.717, 1.165) is 16.3 Å². The molecule has 3 aromatic rings. The molecule has 4 heteroatoms. The van der Waals surface area contributed by atoms with Crippen LogP contribution in [0.4, 0.5) is 0 Å². The number of hydrogen-bond donors (Lipinski definition) is 3. The Morgan fingerprint density at radius 1 is 0.920 bits per heavy atom. The van der Waals surface area contributed by atoms with E-state index in [1.54, 1.807) is 6.07 Å². The normalized spacial score (nSPS) is 10.4. The Bertz CT molecular complexity index is 904. The molecule has 0 aliphatic rings. The molecule has 0 radical (unpaired) electrons. The number of fused-ring (bicyclic) bond motifs is 1. The fourth-order valence-corrected chi connectivity index (χ4v) is 2.68. The number of aromatic hydroxyl groups is 1.